The zero-order valence-electron chi connectivity index (χ0n) is 10.4. The largest absolute Gasteiger partial charge is 0.357 e. The molecule has 1 aromatic heterocycles. The fraction of sp³-hybridized carbons (Fsp3) is 0.615. The van der Waals surface area contributed by atoms with Crippen molar-refractivity contribution in [3.63, 3.8) is 0 Å². The van der Waals surface area contributed by atoms with Crippen LogP contribution in [0.4, 0.5) is 0 Å². The van der Waals surface area contributed by atoms with Gasteiger partial charge in [-0.3, -0.25) is 0 Å². The van der Waals surface area contributed by atoms with Gasteiger partial charge in [-0.15, -0.1) is 11.3 Å². The van der Waals surface area contributed by atoms with E-state index in [0.717, 1.165) is 31.5 Å². The Morgan fingerprint density at radius 1 is 1.47 bits per heavy atom. The van der Waals surface area contributed by atoms with E-state index in [1.165, 1.54) is 24.1 Å². The van der Waals surface area contributed by atoms with Gasteiger partial charge in [0.1, 0.15) is 0 Å². The Kier molecular flexibility index (Phi) is 4.86. The number of nitrogens with zero attached hydrogens (tertiary/aromatic N) is 1. The molecule has 1 aliphatic carbocycles. The summed E-state index contributed by atoms with van der Waals surface area (Å²) >= 11 is 1.76. The third-order valence-corrected chi connectivity index (χ3v) is 3.72. The van der Waals surface area contributed by atoms with Crippen LogP contribution < -0.4 is 10.6 Å². The molecule has 0 bridgehead atoms. The van der Waals surface area contributed by atoms with E-state index in [2.05, 4.69) is 40.1 Å². The molecule has 1 saturated carbocycles. The standard InChI is InChI=1S/C13H21N3S/c1-2-14-13(15-8-7-11-5-6-11)16-10-12-4-3-9-17-12/h3-4,9,11H,2,5-8,10H2,1H3,(H2,14,15,16). The van der Waals surface area contributed by atoms with Gasteiger partial charge in [-0.25, -0.2) is 4.99 Å². The summed E-state index contributed by atoms with van der Waals surface area (Å²) in [6, 6.07) is 4.20. The minimum Gasteiger partial charge on any atom is -0.357 e. The lowest BCUT2D eigenvalue weighted by Crippen LogP contribution is -2.37. The van der Waals surface area contributed by atoms with Crippen LogP contribution in [0.5, 0.6) is 0 Å². The highest BCUT2D eigenvalue weighted by atomic mass is 32.1. The third-order valence-electron chi connectivity index (χ3n) is 2.86. The molecule has 0 aromatic carbocycles. The molecule has 0 amide bonds. The lowest BCUT2D eigenvalue weighted by Gasteiger charge is -2.10. The van der Waals surface area contributed by atoms with Crippen molar-refractivity contribution in [1.29, 1.82) is 0 Å². The second-order valence-corrected chi connectivity index (χ2v) is 5.47. The summed E-state index contributed by atoms with van der Waals surface area (Å²) in [6.45, 7) is 4.83. The summed E-state index contributed by atoms with van der Waals surface area (Å²) in [4.78, 5) is 5.89. The molecule has 1 aliphatic rings. The molecule has 0 spiro atoms. The van der Waals surface area contributed by atoms with Crippen molar-refractivity contribution in [3.8, 4) is 0 Å². The van der Waals surface area contributed by atoms with Crippen LogP contribution in [0.2, 0.25) is 0 Å². The van der Waals surface area contributed by atoms with Crippen LogP contribution >= 0.6 is 11.3 Å². The first-order chi connectivity index (χ1) is 8.38. The molecule has 0 unspecified atom stereocenters. The highest BCUT2D eigenvalue weighted by Gasteiger charge is 2.20. The molecule has 17 heavy (non-hydrogen) atoms. The van der Waals surface area contributed by atoms with Gasteiger partial charge in [-0.1, -0.05) is 18.9 Å². The minimum atomic E-state index is 0.774. The van der Waals surface area contributed by atoms with Crippen LogP contribution in [0, 0.1) is 5.92 Å². The van der Waals surface area contributed by atoms with E-state index in [1.54, 1.807) is 11.3 Å². The molecule has 2 rings (SSSR count). The molecule has 1 aromatic rings. The highest BCUT2D eigenvalue weighted by Crippen LogP contribution is 2.31. The van der Waals surface area contributed by atoms with Gasteiger partial charge in [-0.05, 0) is 30.7 Å². The Morgan fingerprint density at radius 2 is 2.35 bits per heavy atom. The predicted molar refractivity (Wildman–Crippen MR) is 74.5 cm³/mol. The van der Waals surface area contributed by atoms with Gasteiger partial charge in [-0.2, -0.15) is 0 Å². The second-order valence-electron chi connectivity index (χ2n) is 4.43. The lowest BCUT2D eigenvalue weighted by atomic mass is 10.3. The number of nitrogens with one attached hydrogen (secondary N) is 2. The van der Waals surface area contributed by atoms with Crippen molar-refractivity contribution < 1.29 is 0 Å². The topological polar surface area (TPSA) is 36.4 Å². The Hall–Kier alpha value is -1.03. The van der Waals surface area contributed by atoms with Crippen molar-refractivity contribution in [3.05, 3.63) is 22.4 Å². The van der Waals surface area contributed by atoms with Crippen molar-refractivity contribution in [1.82, 2.24) is 10.6 Å². The molecule has 0 aliphatic heterocycles. The van der Waals surface area contributed by atoms with Crippen molar-refractivity contribution in [2.75, 3.05) is 13.1 Å². The third kappa shape index (κ3) is 4.77. The second kappa shape index (κ2) is 6.64. The van der Waals surface area contributed by atoms with Crippen molar-refractivity contribution in [2.45, 2.75) is 32.7 Å². The molecule has 0 saturated heterocycles. The first-order valence-corrected chi connectivity index (χ1v) is 7.31. The molecule has 4 heteroatoms. The molecule has 0 radical (unpaired) electrons. The number of thiophene rings is 1. The Bertz CT molecular complexity index is 342. The number of rotatable bonds is 6. The van der Waals surface area contributed by atoms with Crippen LogP contribution in [-0.2, 0) is 6.54 Å². The van der Waals surface area contributed by atoms with Gasteiger partial charge in [0.25, 0.3) is 0 Å². The number of hydrogen-bond donors (Lipinski definition) is 2. The molecule has 2 N–H and O–H groups in total. The van der Waals surface area contributed by atoms with Gasteiger partial charge in [0.2, 0.25) is 0 Å². The normalized spacial score (nSPS) is 15.9. The summed E-state index contributed by atoms with van der Waals surface area (Å²) in [6.07, 6.45) is 4.12. The summed E-state index contributed by atoms with van der Waals surface area (Å²) in [5.41, 5.74) is 0. The minimum absolute atomic E-state index is 0.774. The Labute approximate surface area is 107 Å². The Balaban J connectivity index is 1.75. The number of guanidine groups is 1. The first-order valence-electron chi connectivity index (χ1n) is 6.43. The van der Waals surface area contributed by atoms with Gasteiger partial charge >= 0.3 is 0 Å². The number of aliphatic imine (C=N–C) groups is 1. The van der Waals surface area contributed by atoms with E-state index >= 15 is 0 Å². The monoisotopic (exact) mass is 251 g/mol. The van der Waals surface area contributed by atoms with Crippen LogP contribution in [0.25, 0.3) is 0 Å². The fourth-order valence-corrected chi connectivity index (χ4v) is 2.33. The summed E-state index contributed by atoms with van der Waals surface area (Å²) in [5.74, 6) is 1.92. The molecule has 3 nitrogen and oxygen atoms in total. The van der Waals surface area contributed by atoms with Crippen LogP contribution in [0.1, 0.15) is 31.1 Å². The van der Waals surface area contributed by atoms with E-state index in [0.29, 0.717) is 0 Å². The van der Waals surface area contributed by atoms with E-state index < -0.39 is 0 Å². The van der Waals surface area contributed by atoms with E-state index in [4.69, 9.17) is 0 Å². The SMILES string of the molecule is CCNC(=NCc1cccs1)NCCC1CC1. The van der Waals surface area contributed by atoms with Crippen molar-refractivity contribution in [2.24, 2.45) is 10.9 Å². The average Bonchev–Trinajstić information content (AvgIpc) is 3.00. The van der Waals surface area contributed by atoms with Gasteiger partial charge in [0.15, 0.2) is 5.96 Å². The van der Waals surface area contributed by atoms with Gasteiger partial charge < -0.3 is 10.6 Å². The van der Waals surface area contributed by atoms with Crippen LogP contribution in [0.3, 0.4) is 0 Å². The zero-order valence-corrected chi connectivity index (χ0v) is 11.2. The molecular weight excluding hydrogens is 230 g/mol. The van der Waals surface area contributed by atoms with E-state index in [9.17, 15) is 0 Å². The summed E-state index contributed by atoms with van der Waals surface area (Å²) in [7, 11) is 0. The molecule has 1 heterocycles. The van der Waals surface area contributed by atoms with Gasteiger partial charge in [0.05, 0.1) is 6.54 Å². The van der Waals surface area contributed by atoms with Crippen LogP contribution in [-0.4, -0.2) is 19.0 Å². The molecule has 94 valence electrons. The first kappa shape index (κ1) is 12.4. The van der Waals surface area contributed by atoms with E-state index in [-0.39, 0.29) is 0 Å². The fourth-order valence-electron chi connectivity index (χ4n) is 1.70. The number of hydrogen-bond acceptors (Lipinski definition) is 2. The molecule has 0 atom stereocenters. The zero-order chi connectivity index (χ0) is 11.9. The molecule has 1 fully saturated rings. The highest BCUT2D eigenvalue weighted by molar-refractivity contribution is 7.09. The maximum atomic E-state index is 4.58. The van der Waals surface area contributed by atoms with E-state index in [1.807, 2.05) is 0 Å². The van der Waals surface area contributed by atoms with Crippen molar-refractivity contribution >= 4 is 17.3 Å². The van der Waals surface area contributed by atoms with Crippen LogP contribution in [0.15, 0.2) is 22.5 Å². The average molecular weight is 251 g/mol. The smallest absolute Gasteiger partial charge is 0.191 e. The quantitative estimate of drug-likeness (QED) is 0.602. The Morgan fingerprint density at radius 3 is 3.00 bits per heavy atom. The lowest BCUT2D eigenvalue weighted by molar-refractivity contribution is 0.685. The maximum Gasteiger partial charge on any atom is 0.191 e. The molecular formula is C13H21N3S. The maximum absolute atomic E-state index is 4.58. The summed E-state index contributed by atoms with van der Waals surface area (Å²) in [5, 5.41) is 8.78. The predicted octanol–water partition coefficient (Wildman–Crippen LogP) is 2.60. The van der Waals surface area contributed by atoms with Gasteiger partial charge in [0, 0.05) is 18.0 Å². The summed E-state index contributed by atoms with van der Waals surface area (Å²) < 4.78 is 0.